The van der Waals surface area contributed by atoms with Crippen molar-refractivity contribution in [3.63, 3.8) is 0 Å². The van der Waals surface area contributed by atoms with Crippen LogP contribution >= 0.6 is 12.4 Å². The van der Waals surface area contributed by atoms with Crippen molar-refractivity contribution in [1.82, 2.24) is 5.32 Å². The third-order valence-corrected chi connectivity index (χ3v) is 2.72. The van der Waals surface area contributed by atoms with E-state index in [9.17, 15) is 0 Å². The minimum absolute atomic E-state index is 0. The van der Waals surface area contributed by atoms with Crippen LogP contribution in [0.4, 0.5) is 0 Å². The minimum atomic E-state index is 0. The van der Waals surface area contributed by atoms with Crippen molar-refractivity contribution in [3.8, 4) is 0 Å². The highest BCUT2D eigenvalue weighted by molar-refractivity contribution is 5.86. The number of hydrogen-bond acceptors (Lipinski definition) is 1. The Morgan fingerprint density at radius 3 is 2.40 bits per heavy atom. The van der Waals surface area contributed by atoms with Crippen LogP contribution in [0.5, 0.6) is 0 Å². The predicted molar refractivity (Wildman–Crippen MR) is 68.7 cm³/mol. The highest BCUT2D eigenvalue weighted by Crippen LogP contribution is 2.23. The third-order valence-electron chi connectivity index (χ3n) is 2.72. The molecule has 0 fully saturated rings. The van der Waals surface area contributed by atoms with Crippen LogP contribution in [-0.2, 0) is 0 Å². The van der Waals surface area contributed by atoms with Gasteiger partial charge < -0.3 is 5.32 Å². The zero-order chi connectivity index (χ0) is 9.97. The Bertz CT molecular complexity index is 434. The van der Waals surface area contributed by atoms with Crippen molar-refractivity contribution in [2.75, 3.05) is 7.05 Å². The van der Waals surface area contributed by atoms with E-state index in [0.717, 1.165) is 0 Å². The Morgan fingerprint density at radius 1 is 1.00 bits per heavy atom. The Kier molecular flexibility index (Phi) is 4.13. The SMILES string of the molecule is CN[C@H](C)c1cccc2ccccc12.Cl. The van der Waals surface area contributed by atoms with E-state index in [-0.39, 0.29) is 12.4 Å². The summed E-state index contributed by atoms with van der Waals surface area (Å²) in [5.41, 5.74) is 1.37. The fourth-order valence-electron chi connectivity index (χ4n) is 1.78. The molecule has 0 spiro atoms. The molecule has 2 rings (SSSR count). The molecule has 0 saturated carbocycles. The van der Waals surface area contributed by atoms with Gasteiger partial charge in [-0.3, -0.25) is 0 Å². The Hall–Kier alpha value is -1.05. The van der Waals surface area contributed by atoms with Gasteiger partial charge in [0.1, 0.15) is 0 Å². The van der Waals surface area contributed by atoms with Gasteiger partial charge in [0.25, 0.3) is 0 Å². The molecule has 0 aliphatic rings. The molecule has 80 valence electrons. The minimum Gasteiger partial charge on any atom is -0.313 e. The first kappa shape index (κ1) is 12.0. The second kappa shape index (κ2) is 5.15. The molecular formula is C13H16ClN. The van der Waals surface area contributed by atoms with E-state index in [0.29, 0.717) is 6.04 Å². The molecule has 0 bridgehead atoms. The molecule has 2 aromatic rings. The van der Waals surface area contributed by atoms with Crippen molar-refractivity contribution in [3.05, 3.63) is 48.0 Å². The van der Waals surface area contributed by atoms with Crippen LogP contribution in [0.1, 0.15) is 18.5 Å². The topological polar surface area (TPSA) is 12.0 Å². The summed E-state index contributed by atoms with van der Waals surface area (Å²) < 4.78 is 0. The maximum absolute atomic E-state index is 3.27. The van der Waals surface area contributed by atoms with Gasteiger partial charge in [0.15, 0.2) is 0 Å². The smallest absolute Gasteiger partial charge is 0.0295 e. The molecule has 0 unspecified atom stereocenters. The van der Waals surface area contributed by atoms with Gasteiger partial charge in [0, 0.05) is 6.04 Å². The van der Waals surface area contributed by atoms with E-state index in [1.165, 1.54) is 16.3 Å². The number of nitrogens with one attached hydrogen (secondary N) is 1. The molecule has 2 heteroatoms. The second-order valence-corrected chi connectivity index (χ2v) is 3.58. The number of fused-ring (bicyclic) bond motifs is 1. The summed E-state index contributed by atoms with van der Waals surface area (Å²) in [5.74, 6) is 0. The first-order valence-electron chi connectivity index (χ1n) is 4.98. The molecule has 15 heavy (non-hydrogen) atoms. The zero-order valence-electron chi connectivity index (χ0n) is 9.03. The molecule has 1 N–H and O–H groups in total. The van der Waals surface area contributed by atoms with Crippen molar-refractivity contribution in [2.45, 2.75) is 13.0 Å². The van der Waals surface area contributed by atoms with E-state index in [1.54, 1.807) is 0 Å². The lowest BCUT2D eigenvalue weighted by atomic mass is 10.00. The number of halogens is 1. The summed E-state index contributed by atoms with van der Waals surface area (Å²) >= 11 is 0. The molecular weight excluding hydrogens is 206 g/mol. The van der Waals surface area contributed by atoms with Crippen LogP contribution in [-0.4, -0.2) is 7.05 Å². The Labute approximate surface area is 96.9 Å². The molecule has 0 aliphatic carbocycles. The highest BCUT2D eigenvalue weighted by Gasteiger charge is 2.05. The summed E-state index contributed by atoms with van der Waals surface area (Å²) in [5, 5.41) is 5.93. The van der Waals surface area contributed by atoms with Gasteiger partial charge in [0.2, 0.25) is 0 Å². The maximum atomic E-state index is 3.27. The molecule has 1 atom stereocenters. The third kappa shape index (κ3) is 2.31. The van der Waals surface area contributed by atoms with Crippen LogP contribution in [0.25, 0.3) is 10.8 Å². The van der Waals surface area contributed by atoms with Crippen molar-refractivity contribution < 1.29 is 0 Å². The standard InChI is InChI=1S/C13H15N.ClH/c1-10(14-2)12-9-5-7-11-6-3-4-8-13(11)12;/h3-10,14H,1-2H3;1H/t10-;/m1./s1. The molecule has 0 aliphatic heterocycles. The van der Waals surface area contributed by atoms with E-state index in [1.807, 2.05) is 7.05 Å². The zero-order valence-corrected chi connectivity index (χ0v) is 9.84. The average molecular weight is 222 g/mol. The maximum Gasteiger partial charge on any atom is 0.0295 e. The second-order valence-electron chi connectivity index (χ2n) is 3.58. The first-order chi connectivity index (χ1) is 6.83. The van der Waals surface area contributed by atoms with Gasteiger partial charge in [-0.1, -0.05) is 42.5 Å². The molecule has 1 nitrogen and oxygen atoms in total. The summed E-state index contributed by atoms with van der Waals surface area (Å²) in [6, 6.07) is 15.4. The van der Waals surface area contributed by atoms with Crippen molar-refractivity contribution >= 4 is 23.2 Å². The lowest BCUT2D eigenvalue weighted by Crippen LogP contribution is -2.12. The lowest BCUT2D eigenvalue weighted by molar-refractivity contribution is 0.657. The summed E-state index contributed by atoms with van der Waals surface area (Å²) in [7, 11) is 1.99. The molecule has 0 aromatic heterocycles. The van der Waals surface area contributed by atoms with E-state index < -0.39 is 0 Å². The molecule has 0 radical (unpaired) electrons. The van der Waals surface area contributed by atoms with Gasteiger partial charge in [0.05, 0.1) is 0 Å². The molecule has 0 saturated heterocycles. The number of hydrogen-bond donors (Lipinski definition) is 1. The van der Waals surface area contributed by atoms with Gasteiger partial charge >= 0.3 is 0 Å². The van der Waals surface area contributed by atoms with Crippen LogP contribution in [0.2, 0.25) is 0 Å². The lowest BCUT2D eigenvalue weighted by Gasteiger charge is -2.13. The van der Waals surface area contributed by atoms with Crippen LogP contribution in [0.3, 0.4) is 0 Å². The Morgan fingerprint density at radius 2 is 1.67 bits per heavy atom. The van der Waals surface area contributed by atoms with Gasteiger partial charge in [-0.25, -0.2) is 0 Å². The van der Waals surface area contributed by atoms with Crippen LogP contribution < -0.4 is 5.32 Å². The number of benzene rings is 2. The molecule has 0 amide bonds. The normalized spacial score (nSPS) is 12.1. The monoisotopic (exact) mass is 221 g/mol. The average Bonchev–Trinajstić information content (AvgIpc) is 2.27. The molecule has 2 aromatic carbocycles. The summed E-state index contributed by atoms with van der Waals surface area (Å²) in [4.78, 5) is 0. The fourth-order valence-corrected chi connectivity index (χ4v) is 1.78. The van der Waals surface area contributed by atoms with E-state index >= 15 is 0 Å². The van der Waals surface area contributed by atoms with Crippen LogP contribution in [0.15, 0.2) is 42.5 Å². The fraction of sp³-hybridized carbons (Fsp3) is 0.231. The van der Waals surface area contributed by atoms with E-state index in [2.05, 4.69) is 54.7 Å². The quantitative estimate of drug-likeness (QED) is 0.818. The Balaban J connectivity index is 0.00000112. The van der Waals surface area contributed by atoms with Gasteiger partial charge in [-0.15, -0.1) is 12.4 Å². The van der Waals surface area contributed by atoms with Gasteiger partial charge in [-0.2, -0.15) is 0 Å². The highest BCUT2D eigenvalue weighted by atomic mass is 35.5. The largest absolute Gasteiger partial charge is 0.313 e. The van der Waals surface area contributed by atoms with E-state index in [4.69, 9.17) is 0 Å². The van der Waals surface area contributed by atoms with Crippen molar-refractivity contribution in [2.24, 2.45) is 0 Å². The predicted octanol–water partition coefficient (Wildman–Crippen LogP) is 3.54. The summed E-state index contributed by atoms with van der Waals surface area (Å²) in [6.45, 7) is 2.18. The first-order valence-corrected chi connectivity index (χ1v) is 4.98. The number of rotatable bonds is 2. The molecule has 0 heterocycles. The van der Waals surface area contributed by atoms with Gasteiger partial charge in [-0.05, 0) is 30.3 Å². The summed E-state index contributed by atoms with van der Waals surface area (Å²) in [6.07, 6.45) is 0. The van der Waals surface area contributed by atoms with Crippen molar-refractivity contribution in [1.29, 1.82) is 0 Å². The van der Waals surface area contributed by atoms with Crippen LogP contribution in [0, 0.1) is 0 Å².